The fourth-order valence-electron chi connectivity index (χ4n) is 2.38. The van der Waals surface area contributed by atoms with E-state index in [1.807, 2.05) is 0 Å². The number of benzene rings is 2. The Labute approximate surface area is 142 Å². The van der Waals surface area contributed by atoms with Crippen LogP contribution in [0, 0.1) is 0 Å². The van der Waals surface area contributed by atoms with Gasteiger partial charge in [-0.1, -0.05) is 23.7 Å². The van der Waals surface area contributed by atoms with E-state index >= 15 is 0 Å². The topological polar surface area (TPSA) is 94.6 Å². The zero-order valence-corrected chi connectivity index (χ0v) is 13.4. The zero-order chi connectivity index (χ0) is 17.3. The van der Waals surface area contributed by atoms with Gasteiger partial charge in [0.2, 0.25) is 5.76 Å². The Morgan fingerprint density at radius 1 is 1.21 bits per heavy atom. The second-order valence-electron chi connectivity index (χ2n) is 4.97. The Balaban J connectivity index is 2.07. The highest BCUT2D eigenvalue weighted by Crippen LogP contribution is 2.32. The molecule has 2 amide bonds. The van der Waals surface area contributed by atoms with E-state index in [0.29, 0.717) is 21.7 Å². The fraction of sp³-hybridized carbons (Fsp3) is 0.0588. The molecule has 3 N–H and O–H groups in total. The van der Waals surface area contributed by atoms with Crippen LogP contribution < -0.4 is 15.8 Å². The summed E-state index contributed by atoms with van der Waals surface area (Å²) in [6, 6.07) is 11.6. The third-order valence-corrected chi connectivity index (χ3v) is 3.70. The number of hydrogen-bond donors (Lipinski definition) is 2. The zero-order valence-electron chi connectivity index (χ0n) is 12.6. The molecule has 122 valence electrons. The van der Waals surface area contributed by atoms with Crippen molar-refractivity contribution in [3.8, 4) is 5.75 Å². The average molecular weight is 345 g/mol. The van der Waals surface area contributed by atoms with Crippen LogP contribution in [-0.2, 0) is 0 Å². The number of primary amides is 1. The third-order valence-electron chi connectivity index (χ3n) is 3.46. The Bertz CT molecular complexity index is 949. The Morgan fingerprint density at radius 3 is 2.67 bits per heavy atom. The molecule has 0 bridgehead atoms. The molecule has 7 heteroatoms. The molecule has 0 saturated carbocycles. The minimum atomic E-state index is -0.778. The molecule has 0 radical (unpaired) electrons. The van der Waals surface area contributed by atoms with Crippen molar-refractivity contribution in [1.29, 1.82) is 0 Å². The molecule has 6 nitrogen and oxygen atoms in total. The van der Waals surface area contributed by atoms with E-state index in [1.165, 1.54) is 13.2 Å². The quantitative estimate of drug-likeness (QED) is 0.757. The van der Waals surface area contributed by atoms with Crippen LogP contribution in [0.5, 0.6) is 5.75 Å². The standard InChI is InChI=1S/C17H13ClN2O4/c1-23-12-7-6-9(18)8-11(12)17(22)20-14-10-4-2-3-5-13(10)24-15(14)16(19)21/h2-8H,1H3,(H2,19,21)(H,20,22). The Kier molecular flexibility index (Phi) is 4.14. The van der Waals surface area contributed by atoms with Crippen molar-refractivity contribution < 1.29 is 18.7 Å². The van der Waals surface area contributed by atoms with Gasteiger partial charge in [0.1, 0.15) is 17.0 Å². The maximum Gasteiger partial charge on any atom is 0.286 e. The van der Waals surface area contributed by atoms with Crippen LogP contribution >= 0.6 is 11.6 Å². The predicted octanol–water partition coefficient (Wildman–Crippen LogP) is 3.45. The summed E-state index contributed by atoms with van der Waals surface area (Å²) < 4.78 is 10.6. The average Bonchev–Trinajstić information content (AvgIpc) is 2.94. The molecule has 1 heterocycles. The van der Waals surface area contributed by atoms with Crippen molar-refractivity contribution >= 4 is 40.1 Å². The van der Waals surface area contributed by atoms with Crippen molar-refractivity contribution in [1.82, 2.24) is 0 Å². The van der Waals surface area contributed by atoms with Gasteiger partial charge < -0.3 is 20.2 Å². The first-order valence-corrected chi connectivity index (χ1v) is 7.35. The van der Waals surface area contributed by atoms with Gasteiger partial charge in [-0.15, -0.1) is 0 Å². The first-order chi connectivity index (χ1) is 11.5. The number of halogens is 1. The second-order valence-corrected chi connectivity index (χ2v) is 5.40. The number of nitrogens with one attached hydrogen (secondary N) is 1. The van der Waals surface area contributed by atoms with E-state index in [4.69, 9.17) is 26.5 Å². The maximum atomic E-state index is 12.6. The smallest absolute Gasteiger partial charge is 0.286 e. The first kappa shape index (κ1) is 15.9. The molecule has 0 atom stereocenters. The summed E-state index contributed by atoms with van der Waals surface area (Å²) in [4.78, 5) is 24.2. The van der Waals surface area contributed by atoms with Gasteiger partial charge in [0.15, 0.2) is 0 Å². The fourth-order valence-corrected chi connectivity index (χ4v) is 2.55. The summed E-state index contributed by atoms with van der Waals surface area (Å²) in [7, 11) is 1.45. The summed E-state index contributed by atoms with van der Waals surface area (Å²) in [5.41, 5.74) is 6.23. The normalized spacial score (nSPS) is 10.6. The number of methoxy groups -OCH3 is 1. The predicted molar refractivity (Wildman–Crippen MR) is 90.7 cm³/mol. The maximum absolute atomic E-state index is 12.6. The molecule has 3 aromatic rings. The lowest BCUT2D eigenvalue weighted by molar-refractivity contribution is 0.0977. The number of nitrogens with two attached hydrogens (primary N) is 1. The van der Waals surface area contributed by atoms with Crippen LogP contribution in [-0.4, -0.2) is 18.9 Å². The van der Waals surface area contributed by atoms with Gasteiger partial charge >= 0.3 is 0 Å². The number of fused-ring (bicyclic) bond motifs is 1. The second kappa shape index (κ2) is 6.25. The van der Waals surface area contributed by atoms with Crippen molar-refractivity contribution in [3.63, 3.8) is 0 Å². The highest BCUT2D eigenvalue weighted by molar-refractivity contribution is 6.31. The van der Waals surface area contributed by atoms with Gasteiger partial charge in [0, 0.05) is 10.4 Å². The van der Waals surface area contributed by atoms with Crippen molar-refractivity contribution in [2.75, 3.05) is 12.4 Å². The van der Waals surface area contributed by atoms with Crippen molar-refractivity contribution in [2.45, 2.75) is 0 Å². The van der Waals surface area contributed by atoms with Gasteiger partial charge in [0.25, 0.3) is 11.8 Å². The number of ether oxygens (including phenoxy) is 1. The van der Waals surface area contributed by atoms with Gasteiger partial charge in [-0.2, -0.15) is 0 Å². The molecule has 24 heavy (non-hydrogen) atoms. The molecular formula is C17H13ClN2O4. The number of rotatable bonds is 4. The molecule has 0 unspecified atom stereocenters. The van der Waals surface area contributed by atoms with Crippen molar-refractivity contribution in [2.24, 2.45) is 5.73 Å². The van der Waals surface area contributed by atoms with Crippen LogP contribution in [0.4, 0.5) is 5.69 Å². The minimum Gasteiger partial charge on any atom is -0.496 e. The number of amides is 2. The van der Waals surface area contributed by atoms with Gasteiger partial charge in [-0.25, -0.2) is 0 Å². The minimum absolute atomic E-state index is 0.120. The molecule has 1 aromatic heterocycles. The van der Waals surface area contributed by atoms with E-state index in [-0.39, 0.29) is 17.0 Å². The van der Waals surface area contributed by atoms with Gasteiger partial charge in [-0.05, 0) is 30.3 Å². The number of carbonyl (C=O) groups excluding carboxylic acids is 2. The first-order valence-electron chi connectivity index (χ1n) is 6.97. The number of hydrogen-bond acceptors (Lipinski definition) is 4. The largest absolute Gasteiger partial charge is 0.496 e. The van der Waals surface area contributed by atoms with Gasteiger partial charge in [0.05, 0.1) is 12.7 Å². The van der Waals surface area contributed by atoms with Crippen LogP contribution in [0.3, 0.4) is 0 Å². The molecular weight excluding hydrogens is 332 g/mol. The molecule has 2 aromatic carbocycles. The van der Waals surface area contributed by atoms with E-state index in [2.05, 4.69) is 5.32 Å². The summed E-state index contributed by atoms with van der Waals surface area (Å²) in [6.07, 6.45) is 0. The lowest BCUT2D eigenvalue weighted by atomic mass is 10.1. The highest BCUT2D eigenvalue weighted by atomic mass is 35.5. The summed E-state index contributed by atoms with van der Waals surface area (Å²) in [5.74, 6) is -1.04. The van der Waals surface area contributed by atoms with Crippen LogP contribution in [0.2, 0.25) is 5.02 Å². The lowest BCUT2D eigenvalue weighted by Crippen LogP contribution is -2.17. The highest BCUT2D eigenvalue weighted by Gasteiger charge is 2.22. The van der Waals surface area contributed by atoms with Gasteiger partial charge in [-0.3, -0.25) is 9.59 Å². The molecule has 3 rings (SSSR count). The number of para-hydroxylation sites is 1. The SMILES string of the molecule is COc1ccc(Cl)cc1C(=O)Nc1c(C(N)=O)oc2ccccc12. The monoisotopic (exact) mass is 344 g/mol. The molecule has 0 spiro atoms. The molecule has 0 aliphatic heterocycles. The third kappa shape index (κ3) is 2.79. The summed E-state index contributed by atoms with van der Waals surface area (Å²) >= 11 is 5.95. The number of carbonyl (C=O) groups is 2. The van der Waals surface area contributed by atoms with Crippen molar-refractivity contribution in [3.05, 3.63) is 58.8 Å². The molecule has 0 aliphatic rings. The van der Waals surface area contributed by atoms with Crippen LogP contribution in [0.25, 0.3) is 11.0 Å². The van der Waals surface area contributed by atoms with E-state index < -0.39 is 11.8 Å². The molecule has 0 fully saturated rings. The Morgan fingerprint density at radius 2 is 1.96 bits per heavy atom. The molecule has 0 aliphatic carbocycles. The summed E-state index contributed by atoms with van der Waals surface area (Å²) in [6.45, 7) is 0. The number of furan rings is 1. The summed E-state index contributed by atoms with van der Waals surface area (Å²) in [5, 5.41) is 3.61. The van der Waals surface area contributed by atoms with Crippen LogP contribution in [0.15, 0.2) is 46.9 Å². The lowest BCUT2D eigenvalue weighted by Gasteiger charge is -2.09. The van der Waals surface area contributed by atoms with E-state index in [9.17, 15) is 9.59 Å². The Hall–Kier alpha value is -2.99. The van der Waals surface area contributed by atoms with E-state index in [0.717, 1.165) is 0 Å². The number of anilines is 1. The van der Waals surface area contributed by atoms with E-state index in [1.54, 1.807) is 36.4 Å². The molecule has 0 saturated heterocycles. The van der Waals surface area contributed by atoms with Crippen LogP contribution in [0.1, 0.15) is 20.9 Å².